The number of methoxy groups -OCH3 is 1. The first-order valence-electron chi connectivity index (χ1n) is 9.30. The largest absolute Gasteiger partial charge is 0.493 e. The number of rotatable bonds is 5. The van der Waals surface area contributed by atoms with Crippen LogP contribution in [0.4, 0.5) is 5.69 Å². The lowest BCUT2D eigenvalue weighted by Gasteiger charge is -2.15. The molecule has 0 atom stereocenters. The van der Waals surface area contributed by atoms with Crippen LogP contribution in [0.25, 0.3) is 10.9 Å². The highest BCUT2D eigenvalue weighted by Crippen LogP contribution is 2.42. The normalized spacial score (nSPS) is 10.7. The van der Waals surface area contributed by atoms with Gasteiger partial charge in [0.1, 0.15) is 17.0 Å². The second-order valence-electron chi connectivity index (χ2n) is 6.87. The topological polar surface area (TPSA) is 66.6 Å². The summed E-state index contributed by atoms with van der Waals surface area (Å²) in [4.78, 5) is 4.60. The second-order valence-corrected chi connectivity index (χ2v) is 6.87. The van der Waals surface area contributed by atoms with Crippen LogP contribution in [0.1, 0.15) is 11.1 Å². The highest BCUT2D eigenvalue weighted by Gasteiger charge is 2.16. The molecule has 0 fully saturated rings. The van der Waals surface area contributed by atoms with E-state index >= 15 is 0 Å². The number of ether oxygens (including phenoxy) is 3. The standard InChI is InChI=1S/C24H22N2O3/c1-15-4-8-17(9-5-15)28-22-13-12-19-23(26-22)20(25)14-21(27-3)24(19)29-18-10-6-16(2)7-11-18/h4-14H,25H2,1-3H3. The van der Waals surface area contributed by atoms with Gasteiger partial charge in [0.25, 0.3) is 0 Å². The minimum absolute atomic E-state index is 0.458. The molecule has 1 heterocycles. The van der Waals surface area contributed by atoms with Gasteiger partial charge in [0.2, 0.25) is 5.88 Å². The summed E-state index contributed by atoms with van der Waals surface area (Å²) in [6.45, 7) is 4.06. The molecule has 29 heavy (non-hydrogen) atoms. The molecule has 1 aromatic heterocycles. The summed E-state index contributed by atoms with van der Waals surface area (Å²) >= 11 is 0. The Balaban J connectivity index is 1.75. The average molecular weight is 386 g/mol. The van der Waals surface area contributed by atoms with Crippen molar-refractivity contribution in [1.82, 2.24) is 4.98 Å². The molecule has 146 valence electrons. The fraction of sp³-hybridized carbons (Fsp3) is 0.125. The molecule has 2 N–H and O–H groups in total. The van der Waals surface area contributed by atoms with Crippen molar-refractivity contribution < 1.29 is 14.2 Å². The Hall–Kier alpha value is -3.73. The zero-order valence-corrected chi connectivity index (χ0v) is 16.6. The molecule has 4 rings (SSSR count). The van der Waals surface area contributed by atoms with Gasteiger partial charge in [-0.3, -0.25) is 0 Å². The lowest BCUT2D eigenvalue weighted by Crippen LogP contribution is -1.98. The van der Waals surface area contributed by atoms with Gasteiger partial charge in [0.05, 0.1) is 12.8 Å². The number of pyridine rings is 1. The minimum Gasteiger partial charge on any atom is -0.493 e. The molecule has 0 aliphatic rings. The van der Waals surface area contributed by atoms with E-state index in [0.717, 1.165) is 16.5 Å². The maximum absolute atomic E-state index is 6.24. The fourth-order valence-electron chi connectivity index (χ4n) is 3.02. The average Bonchev–Trinajstić information content (AvgIpc) is 2.73. The first kappa shape index (κ1) is 18.6. The fourth-order valence-corrected chi connectivity index (χ4v) is 3.02. The molecule has 0 amide bonds. The number of hydrogen-bond acceptors (Lipinski definition) is 5. The van der Waals surface area contributed by atoms with E-state index in [0.29, 0.717) is 40.1 Å². The van der Waals surface area contributed by atoms with Crippen molar-refractivity contribution in [2.24, 2.45) is 0 Å². The van der Waals surface area contributed by atoms with Crippen LogP contribution in [0.3, 0.4) is 0 Å². The summed E-state index contributed by atoms with van der Waals surface area (Å²) in [6.07, 6.45) is 0. The Morgan fingerprint density at radius 3 is 1.93 bits per heavy atom. The number of anilines is 1. The predicted molar refractivity (Wildman–Crippen MR) is 115 cm³/mol. The van der Waals surface area contributed by atoms with E-state index in [9.17, 15) is 0 Å². The summed E-state index contributed by atoms with van der Waals surface area (Å²) in [6, 6.07) is 21.0. The monoisotopic (exact) mass is 386 g/mol. The third-order valence-electron chi connectivity index (χ3n) is 4.60. The molecule has 5 nitrogen and oxygen atoms in total. The molecule has 0 spiro atoms. The summed E-state index contributed by atoms with van der Waals surface area (Å²) in [7, 11) is 1.59. The van der Waals surface area contributed by atoms with Gasteiger partial charge in [0.15, 0.2) is 11.5 Å². The molecule has 0 aliphatic heterocycles. The number of nitrogens with zero attached hydrogens (tertiary/aromatic N) is 1. The van der Waals surface area contributed by atoms with Gasteiger partial charge in [-0.2, -0.15) is 0 Å². The van der Waals surface area contributed by atoms with E-state index in [-0.39, 0.29) is 0 Å². The van der Waals surface area contributed by atoms with Crippen LogP contribution in [0.2, 0.25) is 0 Å². The van der Waals surface area contributed by atoms with Crippen LogP contribution in [0.15, 0.2) is 66.7 Å². The smallest absolute Gasteiger partial charge is 0.219 e. The lowest BCUT2D eigenvalue weighted by molar-refractivity contribution is 0.381. The third-order valence-corrected chi connectivity index (χ3v) is 4.60. The van der Waals surface area contributed by atoms with Gasteiger partial charge < -0.3 is 19.9 Å². The Morgan fingerprint density at radius 2 is 1.34 bits per heavy atom. The first-order chi connectivity index (χ1) is 14.0. The second kappa shape index (κ2) is 7.72. The van der Waals surface area contributed by atoms with E-state index in [1.807, 2.05) is 68.4 Å². The molecule has 3 aromatic carbocycles. The molecule has 0 radical (unpaired) electrons. The van der Waals surface area contributed by atoms with Gasteiger partial charge in [-0.1, -0.05) is 35.4 Å². The Labute approximate surface area is 169 Å². The van der Waals surface area contributed by atoms with Gasteiger partial charge in [-0.15, -0.1) is 0 Å². The van der Waals surface area contributed by atoms with Gasteiger partial charge in [0, 0.05) is 17.5 Å². The number of fused-ring (bicyclic) bond motifs is 1. The van der Waals surface area contributed by atoms with Crippen LogP contribution in [0, 0.1) is 13.8 Å². The predicted octanol–water partition coefficient (Wildman–Crippen LogP) is 6.03. The Bertz CT molecular complexity index is 1150. The summed E-state index contributed by atoms with van der Waals surface area (Å²) < 4.78 is 17.5. The van der Waals surface area contributed by atoms with Crippen LogP contribution >= 0.6 is 0 Å². The number of aromatic nitrogens is 1. The molecule has 0 unspecified atom stereocenters. The van der Waals surface area contributed by atoms with Crippen LogP contribution in [-0.4, -0.2) is 12.1 Å². The van der Waals surface area contributed by atoms with Gasteiger partial charge in [-0.25, -0.2) is 4.98 Å². The van der Waals surface area contributed by atoms with Crippen LogP contribution in [0.5, 0.6) is 28.9 Å². The molecule has 0 aliphatic carbocycles. The first-order valence-corrected chi connectivity index (χ1v) is 9.30. The number of nitrogens with two attached hydrogens (primary N) is 1. The van der Waals surface area contributed by atoms with E-state index < -0.39 is 0 Å². The molecule has 5 heteroatoms. The number of nitrogen functional groups attached to an aromatic ring is 1. The van der Waals surface area contributed by atoms with Crippen molar-refractivity contribution >= 4 is 16.6 Å². The van der Waals surface area contributed by atoms with Crippen molar-refractivity contribution in [2.45, 2.75) is 13.8 Å². The van der Waals surface area contributed by atoms with Gasteiger partial charge in [-0.05, 0) is 44.2 Å². The quantitative estimate of drug-likeness (QED) is 0.424. The molecule has 4 aromatic rings. The molecular weight excluding hydrogens is 364 g/mol. The van der Waals surface area contributed by atoms with Crippen molar-refractivity contribution in [2.75, 3.05) is 12.8 Å². The summed E-state index contributed by atoms with van der Waals surface area (Å²) in [5.41, 5.74) is 9.65. The number of hydrogen-bond donors (Lipinski definition) is 1. The minimum atomic E-state index is 0.458. The van der Waals surface area contributed by atoms with Crippen molar-refractivity contribution in [3.8, 4) is 28.9 Å². The molecule has 0 saturated heterocycles. The zero-order valence-electron chi connectivity index (χ0n) is 16.6. The Morgan fingerprint density at radius 1 is 0.759 bits per heavy atom. The number of aryl methyl sites for hydroxylation is 2. The van der Waals surface area contributed by atoms with Crippen LogP contribution < -0.4 is 19.9 Å². The highest BCUT2D eigenvalue weighted by atomic mass is 16.5. The van der Waals surface area contributed by atoms with E-state index in [4.69, 9.17) is 19.9 Å². The maximum Gasteiger partial charge on any atom is 0.219 e. The zero-order chi connectivity index (χ0) is 20.4. The maximum atomic E-state index is 6.24. The lowest BCUT2D eigenvalue weighted by atomic mass is 10.1. The van der Waals surface area contributed by atoms with Gasteiger partial charge >= 0.3 is 0 Å². The summed E-state index contributed by atoms with van der Waals surface area (Å²) in [5.74, 6) is 2.99. The molecule has 0 bridgehead atoms. The van der Waals surface area contributed by atoms with E-state index in [1.54, 1.807) is 19.2 Å². The van der Waals surface area contributed by atoms with Crippen molar-refractivity contribution in [1.29, 1.82) is 0 Å². The third kappa shape index (κ3) is 3.94. The van der Waals surface area contributed by atoms with Crippen molar-refractivity contribution in [3.05, 3.63) is 77.9 Å². The Kier molecular flexibility index (Phi) is 4.96. The number of benzene rings is 3. The van der Waals surface area contributed by atoms with E-state index in [1.165, 1.54) is 0 Å². The SMILES string of the molecule is COc1cc(N)c2nc(Oc3ccc(C)cc3)ccc2c1Oc1ccc(C)cc1. The highest BCUT2D eigenvalue weighted by molar-refractivity contribution is 5.97. The van der Waals surface area contributed by atoms with E-state index in [2.05, 4.69) is 4.98 Å². The molecular formula is C24H22N2O3. The summed E-state index contributed by atoms with van der Waals surface area (Å²) in [5, 5.41) is 0.749. The van der Waals surface area contributed by atoms with Crippen molar-refractivity contribution in [3.63, 3.8) is 0 Å². The van der Waals surface area contributed by atoms with Crippen LogP contribution in [-0.2, 0) is 0 Å². The molecule has 0 saturated carbocycles.